The first kappa shape index (κ1) is 22.5. The van der Waals surface area contributed by atoms with E-state index in [1.807, 2.05) is 44.2 Å². The highest BCUT2D eigenvalue weighted by atomic mass is 16.1. The van der Waals surface area contributed by atoms with Gasteiger partial charge in [-0.3, -0.25) is 24.8 Å². The van der Waals surface area contributed by atoms with E-state index in [1.54, 1.807) is 37.2 Å². The third-order valence-electron chi connectivity index (χ3n) is 6.10. The number of nitrogens with zero attached hydrogens (tertiary/aromatic N) is 5. The van der Waals surface area contributed by atoms with Crippen molar-refractivity contribution in [2.75, 3.05) is 5.32 Å². The molecule has 182 valence electrons. The normalized spacial score (nSPS) is 11.4. The molecule has 9 nitrogen and oxygen atoms in total. The Balaban J connectivity index is 1.38. The molecule has 0 spiro atoms. The summed E-state index contributed by atoms with van der Waals surface area (Å²) in [4.78, 5) is 33.4. The van der Waals surface area contributed by atoms with Gasteiger partial charge < -0.3 is 10.3 Å². The minimum Gasteiger partial charge on any atom is -0.335 e. The predicted molar refractivity (Wildman–Crippen MR) is 144 cm³/mol. The number of carbonyl (C=O) groups is 1. The van der Waals surface area contributed by atoms with E-state index in [4.69, 9.17) is 4.98 Å². The molecule has 0 aliphatic heterocycles. The van der Waals surface area contributed by atoms with Crippen molar-refractivity contribution in [3.8, 4) is 33.8 Å². The lowest BCUT2D eigenvalue weighted by molar-refractivity contribution is -0.116. The molecule has 6 aromatic rings. The van der Waals surface area contributed by atoms with Crippen LogP contribution in [0.15, 0.2) is 73.6 Å². The molecule has 0 aliphatic carbocycles. The minimum atomic E-state index is -0.0217. The standard InChI is InChI=1S/C28H24N8O/c1-16(2)8-25(37)32-20-9-19(12-30-13-20)17-5-6-23-21(10-17)27(36-35-23)28-33-24-15-31-14-22(26(24)34-28)18-4-3-7-29-11-18/h3-7,9-16H,8H2,1-2H3,(H,32,37)(H,33,34)(H,35,36). The van der Waals surface area contributed by atoms with Crippen LogP contribution in [0.25, 0.3) is 55.7 Å². The third kappa shape index (κ3) is 4.42. The molecule has 9 heteroatoms. The number of nitrogens with one attached hydrogen (secondary N) is 3. The topological polar surface area (TPSA) is 125 Å². The summed E-state index contributed by atoms with van der Waals surface area (Å²) in [7, 11) is 0. The summed E-state index contributed by atoms with van der Waals surface area (Å²) in [5.41, 5.74) is 7.58. The van der Waals surface area contributed by atoms with Gasteiger partial charge in [-0.15, -0.1) is 0 Å². The maximum atomic E-state index is 12.2. The van der Waals surface area contributed by atoms with E-state index in [-0.39, 0.29) is 11.8 Å². The van der Waals surface area contributed by atoms with Crippen LogP contribution in [0.5, 0.6) is 0 Å². The Morgan fingerprint density at radius 3 is 2.62 bits per heavy atom. The second-order valence-electron chi connectivity index (χ2n) is 9.35. The fraction of sp³-hybridized carbons (Fsp3) is 0.143. The molecule has 37 heavy (non-hydrogen) atoms. The van der Waals surface area contributed by atoms with E-state index in [9.17, 15) is 4.79 Å². The highest BCUT2D eigenvalue weighted by molar-refractivity contribution is 5.98. The van der Waals surface area contributed by atoms with Gasteiger partial charge in [0.1, 0.15) is 11.2 Å². The van der Waals surface area contributed by atoms with Gasteiger partial charge in [-0.05, 0) is 35.7 Å². The minimum absolute atomic E-state index is 0.0217. The molecule has 0 atom stereocenters. The summed E-state index contributed by atoms with van der Waals surface area (Å²) in [6.07, 6.45) is 11.0. The SMILES string of the molecule is CC(C)CC(=O)Nc1cncc(-c2ccc3[nH]nc(-c4nc5c(-c6cccnc6)cncc5[nH]4)c3c2)c1. The van der Waals surface area contributed by atoms with Crippen molar-refractivity contribution < 1.29 is 4.79 Å². The number of hydrogen-bond acceptors (Lipinski definition) is 6. The van der Waals surface area contributed by atoms with E-state index in [0.717, 1.165) is 44.2 Å². The molecule has 0 aliphatic rings. The quantitative estimate of drug-likeness (QED) is 0.280. The molecular weight excluding hydrogens is 464 g/mol. The summed E-state index contributed by atoms with van der Waals surface area (Å²) >= 11 is 0. The lowest BCUT2D eigenvalue weighted by atomic mass is 10.0. The molecule has 0 saturated heterocycles. The Morgan fingerprint density at radius 1 is 0.919 bits per heavy atom. The van der Waals surface area contributed by atoms with E-state index < -0.39 is 0 Å². The van der Waals surface area contributed by atoms with Gasteiger partial charge in [-0.25, -0.2) is 4.98 Å². The number of aromatic nitrogens is 7. The number of amides is 1. The van der Waals surface area contributed by atoms with Crippen LogP contribution >= 0.6 is 0 Å². The Kier molecular flexibility index (Phi) is 5.65. The largest absolute Gasteiger partial charge is 0.335 e. The monoisotopic (exact) mass is 488 g/mol. The molecule has 6 rings (SSSR count). The fourth-order valence-corrected chi connectivity index (χ4v) is 4.40. The zero-order chi connectivity index (χ0) is 25.4. The summed E-state index contributed by atoms with van der Waals surface area (Å²) in [5.74, 6) is 0.906. The van der Waals surface area contributed by atoms with Crippen LogP contribution in [0.2, 0.25) is 0 Å². The van der Waals surface area contributed by atoms with Crippen molar-refractivity contribution in [2.45, 2.75) is 20.3 Å². The van der Waals surface area contributed by atoms with E-state index in [0.29, 0.717) is 23.6 Å². The first-order valence-electron chi connectivity index (χ1n) is 12.0. The van der Waals surface area contributed by atoms with E-state index in [2.05, 4.69) is 41.5 Å². The van der Waals surface area contributed by atoms with Crippen molar-refractivity contribution >= 4 is 33.5 Å². The van der Waals surface area contributed by atoms with Gasteiger partial charge in [-0.2, -0.15) is 5.10 Å². The molecule has 3 N–H and O–H groups in total. The summed E-state index contributed by atoms with van der Waals surface area (Å²) in [6.45, 7) is 4.04. The molecule has 5 aromatic heterocycles. The average molecular weight is 489 g/mol. The van der Waals surface area contributed by atoms with Gasteiger partial charge in [0, 0.05) is 53.3 Å². The highest BCUT2D eigenvalue weighted by Gasteiger charge is 2.16. The number of benzene rings is 1. The molecule has 1 aromatic carbocycles. The molecule has 0 bridgehead atoms. The van der Waals surface area contributed by atoms with Gasteiger partial charge in [0.25, 0.3) is 0 Å². The first-order chi connectivity index (χ1) is 18.0. The van der Waals surface area contributed by atoms with Crippen LogP contribution in [0.4, 0.5) is 5.69 Å². The Hall–Kier alpha value is -4.92. The van der Waals surface area contributed by atoms with Crippen molar-refractivity contribution in [3.63, 3.8) is 0 Å². The number of carbonyl (C=O) groups excluding carboxylic acids is 1. The van der Waals surface area contributed by atoms with Crippen LogP contribution in [-0.2, 0) is 4.79 Å². The average Bonchev–Trinajstić information content (AvgIpc) is 3.52. The maximum absolute atomic E-state index is 12.2. The Morgan fingerprint density at radius 2 is 1.78 bits per heavy atom. The molecule has 1 amide bonds. The number of rotatable bonds is 6. The number of pyridine rings is 3. The van der Waals surface area contributed by atoms with E-state index >= 15 is 0 Å². The van der Waals surface area contributed by atoms with Crippen LogP contribution in [-0.4, -0.2) is 41.0 Å². The zero-order valence-corrected chi connectivity index (χ0v) is 20.4. The van der Waals surface area contributed by atoms with Crippen molar-refractivity contribution in [1.82, 2.24) is 35.1 Å². The maximum Gasteiger partial charge on any atom is 0.224 e. The summed E-state index contributed by atoms with van der Waals surface area (Å²) in [5, 5.41) is 11.5. The number of hydrogen-bond donors (Lipinski definition) is 3. The smallest absolute Gasteiger partial charge is 0.224 e. The lowest BCUT2D eigenvalue weighted by Gasteiger charge is -2.09. The number of fused-ring (bicyclic) bond motifs is 2. The molecule has 0 unspecified atom stereocenters. The molecular formula is C28H24N8O. The van der Waals surface area contributed by atoms with Crippen LogP contribution < -0.4 is 5.32 Å². The zero-order valence-electron chi connectivity index (χ0n) is 20.4. The third-order valence-corrected chi connectivity index (χ3v) is 6.10. The van der Waals surface area contributed by atoms with E-state index in [1.165, 1.54) is 0 Å². The molecule has 0 radical (unpaired) electrons. The van der Waals surface area contributed by atoms with Crippen LogP contribution in [0.3, 0.4) is 0 Å². The Labute approximate surface area is 212 Å². The Bertz CT molecular complexity index is 1740. The number of imidazole rings is 1. The fourth-order valence-electron chi connectivity index (χ4n) is 4.40. The number of H-pyrrole nitrogens is 2. The van der Waals surface area contributed by atoms with Gasteiger partial charge in [-0.1, -0.05) is 26.0 Å². The first-order valence-corrected chi connectivity index (χ1v) is 12.0. The second-order valence-corrected chi connectivity index (χ2v) is 9.35. The number of anilines is 1. The highest BCUT2D eigenvalue weighted by Crippen LogP contribution is 2.33. The predicted octanol–water partition coefficient (Wildman–Crippen LogP) is 5.61. The molecule has 5 heterocycles. The van der Waals surface area contributed by atoms with Gasteiger partial charge in [0.05, 0.1) is 29.1 Å². The van der Waals surface area contributed by atoms with Gasteiger partial charge in [0.2, 0.25) is 5.91 Å². The summed E-state index contributed by atoms with van der Waals surface area (Å²) < 4.78 is 0. The van der Waals surface area contributed by atoms with Crippen LogP contribution in [0.1, 0.15) is 20.3 Å². The van der Waals surface area contributed by atoms with Crippen molar-refractivity contribution in [2.24, 2.45) is 5.92 Å². The summed E-state index contributed by atoms with van der Waals surface area (Å²) in [6, 6.07) is 11.9. The van der Waals surface area contributed by atoms with Gasteiger partial charge >= 0.3 is 0 Å². The number of aromatic amines is 2. The van der Waals surface area contributed by atoms with Crippen molar-refractivity contribution in [1.29, 1.82) is 0 Å². The molecule has 0 fully saturated rings. The molecule has 0 saturated carbocycles. The van der Waals surface area contributed by atoms with Crippen LogP contribution in [0, 0.1) is 5.92 Å². The van der Waals surface area contributed by atoms with Gasteiger partial charge in [0.15, 0.2) is 5.82 Å². The van der Waals surface area contributed by atoms with Crippen molar-refractivity contribution in [3.05, 3.63) is 73.6 Å². The second kappa shape index (κ2) is 9.27. The lowest BCUT2D eigenvalue weighted by Crippen LogP contribution is -2.13.